The third kappa shape index (κ3) is 4.31. The topological polar surface area (TPSA) is 99.5 Å². The Morgan fingerprint density at radius 2 is 1.96 bits per heavy atom. The molecule has 1 aromatic heterocycles. The first-order chi connectivity index (χ1) is 13.3. The fourth-order valence-electron chi connectivity index (χ4n) is 3.14. The normalized spacial score (nSPS) is 15.4. The molecule has 0 aliphatic carbocycles. The first kappa shape index (κ1) is 20.6. The van der Waals surface area contributed by atoms with Gasteiger partial charge in [-0.25, -0.2) is 13.2 Å². The highest BCUT2D eigenvalue weighted by Crippen LogP contribution is 2.35. The molecule has 2 heterocycles. The molecule has 1 fully saturated rings. The molecule has 10 heteroatoms. The van der Waals surface area contributed by atoms with Gasteiger partial charge in [0.05, 0.1) is 17.2 Å². The van der Waals surface area contributed by atoms with Gasteiger partial charge >= 0.3 is 5.97 Å². The Morgan fingerprint density at radius 3 is 2.57 bits per heavy atom. The van der Waals surface area contributed by atoms with Crippen molar-refractivity contribution in [2.24, 2.45) is 7.05 Å². The van der Waals surface area contributed by atoms with Crippen LogP contribution in [0.15, 0.2) is 29.2 Å². The number of hydrogen-bond donors (Lipinski definition) is 1. The molecule has 2 aromatic rings. The lowest BCUT2D eigenvalue weighted by Gasteiger charge is -2.21. The van der Waals surface area contributed by atoms with E-state index in [4.69, 9.17) is 21.1 Å². The van der Waals surface area contributed by atoms with E-state index in [-0.39, 0.29) is 28.8 Å². The summed E-state index contributed by atoms with van der Waals surface area (Å²) < 4.78 is 40.3. The second-order valence-corrected chi connectivity index (χ2v) is 8.52. The van der Waals surface area contributed by atoms with Crippen molar-refractivity contribution in [1.29, 1.82) is 0 Å². The monoisotopic (exact) mass is 427 g/mol. The summed E-state index contributed by atoms with van der Waals surface area (Å²) in [5.41, 5.74) is 0.745. The van der Waals surface area contributed by atoms with Crippen molar-refractivity contribution in [3.8, 4) is 0 Å². The van der Waals surface area contributed by atoms with E-state index in [0.29, 0.717) is 36.8 Å². The van der Waals surface area contributed by atoms with E-state index < -0.39 is 16.0 Å². The first-order valence-corrected chi connectivity index (χ1v) is 10.8. The standard InChI is InChI=1S/C18H22ClN3O5S/c1-3-27-18(23)17-16(15(20-22(17)2)12-8-10-26-11-9-12)21-28(24,25)14-6-4-13(19)5-7-14/h4-7,12,21H,3,8-11H2,1-2H3. The van der Waals surface area contributed by atoms with Crippen LogP contribution in [0.3, 0.4) is 0 Å². The number of rotatable bonds is 6. The molecular weight excluding hydrogens is 406 g/mol. The van der Waals surface area contributed by atoms with Crippen molar-refractivity contribution in [3.63, 3.8) is 0 Å². The SMILES string of the molecule is CCOC(=O)c1c(NS(=O)(=O)c2ccc(Cl)cc2)c(C2CCOCC2)nn1C. The molecule has 1 N–H and O–H groups in total. The van der Waals surface area contributed by atoms with Crippen LogP contribution < -0.4 is 4.72 Å². The maximum Gasteiger partial charge on any atom is 0.358 e. The van der Waals surface area contributed by atoms with Crippen LogP contribution in [0.1, 0.15) is 41.9 Å². The Bertz CT molecular complexity index is 950. The molecule has 1 aliphatic heterocycles. The largest absolute Gasteiger partial charge is 0.461 e. The van der Waals surface area contributed by atoms with E-state index >= 15 is 0 Å². The third-order valence-electron chi connectivity index (χ3n) is 4.51. The Kier molecular flexibility index (Phi) is 6.26. The maximum absolute atomic E-state index is 12.9. The average Bonchev–Trinajstić information content (AvgIpc) is 2.98. The average molecular weight is 428 g/mol. The molecule has 1 saturated heterocycles. The van der Waals surface area contributed by atoms with Crippen molar-refractivity contribution in [2.45, 2.75) is 30.6 Å². The van der Waals surface area contributed by atoms with Gasteiger partial charge in [0.1, 0.15) is 5.69 Å². The number of benzene rings is 1. The van der Waals surface area contributed by atoms with Gasteiger partial charge < -0.3 is 9.47 Å². The number of nitrogens with one attached hydrogen (secondary N) is 1. The molecule has 0 spiro atoms. The number of anilines is 1. The summed E-state index contributed by atoms with van der Waals surface area (Å²) in [6.45, 7) is 2.96. The zero-order valence-electron chi connectivity index (χ0n) is 15.6. The van der Waals surface area contributed by atoms with Gasteiger partial charge in [0.15, 0.2) is 5.69 Å². The molecule has 0 atom stereocenters. The van der Waals surface area contributed by atoms with E-state index in [0.717, 1.165) is 0 Å². The van der Waals surface area contributed by atoms with E-state index in [2.05, 4.69) is 9.82 Å². The molecule has 8 nitrogen and oxygen atoms in total. The number of nitrogens with zero attached hydrogens (tertiary/aromatic N) is 2. The van der Waals surface area contributed by atoms with Gasteiger partial charge in [-0.3, -0.25) is 9.40 Å². The van der Waals surface area contributed by atoms with Crippen LogP contribution in [-0.2, 0) is 26.5 Å². The molecule has 1 aliphatic rings. The number of esters is 1. The van der Waals surface area contributed by atoms with E-state index in [1.807, 2.05) is 0 Å². The molecule has 0 saturated carbocycles. The van der Waals surface area contributed by atoms with Crippen molar-refractivity contribution in [2.75, 3.05) is 24.5 Å². The quantitative estimate of drug-likeness (QED) is 0.711. The van der Waals surface area contributed by atoms with Crippen LogP contribution in [0.2, 0.25) is 5.02 Å². The predicted octanol–water partition coefficient (Wildman–Crippen LogP) is 2.95. The summed E-state index contributed by atoms with van der Waals surface area (Å²) >= 11 is 5.85. The minimum Gasteiger partial charge on any atom is -0.461 e. The fraction of sp³-hybridized carbons (Fsp3) is 0.444. The van der Waals surface area contributed by atoms with Crippen molar-refractivity contribution < 1.29 is 22.7 Å². The lowest BCUT2D eigenvalue weighted by Crippen LogP contribution is -2.20. The zero-order valence-corrected chi connectivity index (χ0v) is 17.2. The van der Waals surface area contributed by atoms with Crippen LogP contribution in [0, 0.1) is 0 Å². The second-order valence-electron chi connectivity index (χ2n) is 6.40. The van der Waals surface area contributed by atoms with Crippen molar-refractivity contribution >= 4 is 33.3 Å². The molecule has 0 unspecified atom stereocenters. The summed E-state index contributed by atoms with van der Waals surface area (Å²) in [4.78, 5) is 12.5. The van der Waals surface area contributed by atoms with Gasteiger partial charge in [0, 0.05) is 31.2 Å². The van der Waals surface area contributed by atoms with Gasteiger partial charge in [-0.2, -0.15) is 5.10 Å². The zero-order chi connectivity index (χ0) is 20.3. The second kappa shape index (κ2) is 8.50. The number of halogens is 1. The highest BCUT2D eigenvalue weighted by molar-refractivity contribution is 7.92. The molecule has 1 aromatic carbocycles. The summed E-state index contributed by atoms with van der Waals surface area (Å²) in [7, 11) is -2.36. The van der Waals surface area contributed by atoms with E-state index in [1.54, 1.807) is 14.0 Å². The minimum atomic E-state index is -3.95. The molecular formula is C18H22ClN3O5S. The van der Waals surface area contributed by atoms with Gasteiger partial charge in [-0.1, -0.05) is 11.6 Å². The number of hydrogen-bond acceptors (Lipinski definition) is 6. The molecule has 3 rings (SSSR count). The number of carbonyl (C=O) groups excluding carboxylic acids is 1. The van der Waals surface area contributed by atoms with Gasteiger partial charge in [-0.05, 0) is 44.0 Å². The van der Waals surface area contributed by atoms with Crippen LogP contribution in [0.25, 0.3) is 0 Å². The van der Waals surface area contributed by atoms with Crippen molar-refractivity contribution in [1.82, 2.24) is 9.78 Å². The van der Waals surface area contributed by atoms with Gasteiger partial charge in [-0.15, -0.1) is 0 Å². The smallest absolute Gasteiger partial charge is 0.358 e. The molecule has 0 bridgehead atoms. The van der Waals surface area contributed by atoms with Crippen LogP contribution >= 0.6 is 11.6 Å². The van der Waals surface area contributed by atoms with E-state index in [1.165, 1.54) is 28.9 Å². The maximum atomic E-state index is 12.9. The van der Waals surface area contributed by atoms with Crippen LogP contribution in [-0.4, -0.2) is 44.0 Å². The van der Waals surface area contributed by atoms with E-state index in [9.17, 15) is 13.2 Å². The lowest BCUT2D eigenvalue weighted by molar-refractivity contribution is 0.0515. The molecule has 0 amide bonds. The molecule has 152 valence electrons. The minimum absolute atomic E-state index is 0.0222. The summed E-state index contributed by atoms with van der Waals surface area (Å²) in [6.07, 6.45) is 1.38. The lowest BCUT2D eigenvalue weighted by atomic mass is 9.95. The number of ether oxygens (including phenoxy) is 2. The van der Waals surface area contributed by atoms with Gasteiger partial charge in [0.2, 0.25) is 0 Å². The van der Waals surface area contributed by atoms with Crippen LogP contribution in [0.4, 0.5) is 5.69 Å². The fourth-order valence-corrected chi connectivity index (χ4v) is 4.35. The van der Waals surface area contributed by atoms with Crippen LogP contribution in [0.5, 0.6) is 0 Å². The summed E-state index contributed by atoms with van der Waals surface area (Å²) in [5.74, 6) is -0.657. The summed E-state index contributed by atoms with van der Waals surface area (Å²) in [5, 5.41) is 4.87. The number of aromatic nitrogens is 2. The number of sulfonamides is 1. The molecule has 28 heavy (non-hydrogen) atoms. The number of aryl methyl sites for hydroxylation is 1. The predicted molar refractivity (Wildman–Crippen MR) is 104 cm³/mol. The summed E-state index contributed by atoms with van der Waals surface area (Å²) in [6, 6.07) is 5.79. The molecule has 0 radical (unpaired) electrons. The first-order valence-electron chi connectivity index (χ1n) is 8.93. The van der Waals surface area contributed by atoms with Crippen molar-refractivity contribution in [3.05, 3.63) is 40.7 Å². The Balaban J connectivity index is 2.05. The Morgan fingerprint density at radius 1 is 1.32 bits per heavy atom. The third-order valence-corrected chi connectivity index (χ3v) is 6.13. The number of carbonyl (C=O) groups is 1. The Hall–Kier alpha value is -2.10. The Labute approximate surface area is 168 Å². The highest BCUT2D eigenvalue weighted by Gasteiger charge is 2.31. The van der Waals surface area contributed by atoms with Gasteiger partial charge in [0.25, 0.3) is 10.0 Å². The highest BCUT2D eigenvalue weighted by atomic mass is 35.5.